The molecule has 0 aliphatic heterocycles. The molecule has 0 fully saturated rings. The number of aromatic nitrogens is 4. The number of para-hydroxylation sites is 4. The van der Waals surface area contributed by atoms with Crippen LogP contribution in [0.15, 0.2) is 133 Å². The Bertz CT molecular complexity index is 2130. The van der Waals surface area contributed by atoms with Crippen LogP contribution in [0, 0.1) is 0 Å². The van der Waals surface area contributed by atoms with Crippen LogP contribution in [0.1, 0.15) is 13.8 Å². The van der Waals surface area contributed by atoms with E-state index in [1.54, 1.807) is 0 Å². The largest absolute Gasteiger partial charge is 0.324 e. The summed E-state index contributed by atoms with van der Waals surface area (Å²) < 4.78 is 4.58. The molecule has 0 spiro atoms. The van der Waals surface area contributed by atoms with Crippen LogP contribution < -0.4 is 0 Å². The van der Waals surface area contributed by atoms with Crippen molar-refractivity contribution in [1.29, 1.82) is 0 Å². The van der Waals surface area contributed by atoms with Crippen molar-refractivity contribution in [2.75, 3.05) is 0 Å². The minimum absolute atomic E-state index is 0.875. The molecule has 8 aromatic rings. The molecule has 2 heterocycles. The van der Waals surface area contributed by atoms with Crippen LogP contribution in [0.3, 0.4) is 0 Å². The summed E-state index contributed by atoms with van der Waals surface area (Å²) in [7, 11) is 0. The predicted molar refractivity (Wildman–Crippen MR) is 184 cm³/mol. The third-order valence-electron chi connectivity index (χ3n) is 8.75. The molecule has 0 amide bonds. The maximum absolute atomic E-state index is 4.97. The summed E-state index contributed by atoms with van der Waals surface area (Å²) in [5, 5.41) is 2.49. The van der Waals surface area contributed by atoms with Gasteiger partial charge in [-0.15, -0.1) is 0 Å². The molecule has 0 N–H and O–H groups in total. The lowest BCUT2D eigenvalue weighted by Crippen LogP contribution is -1.97. The number of aryl methyl sites for hydroxylation is 2. The predicted octanol–water partition coefficient (Wildman–Crippen LogP) is 10.2. The fraction of sp³-hybridized carbons (Fsp3) is 0.100. The Kier molecular flexibility index (Phi) is 6.34. The minimum atomic E-state index is 0.875. The number of nitrogens with zero attached hydrogens (tertiary/aromatic N) is 4. The lowest BCUT2D eigenvalue weighted by Gasteiger charge is -2.14. The van der Waals surface area contributed by atoms with Crippen LogP contribution in [0.25, 0.3) is 77.9 Å². The number of rotatable bonds is 6. The zero-order valence-electron chi connectivity index (χ0n) is 24.9. The Hall–Kier alpha value is -5.48. The Morgan fingerprint density at radius 1 is 0.432 bits per heavy atom. The molecular formula is C40H32N4. The Morgan fingerprint density at radius 2 is 0.841 bits per heavy atom. The van der Waals surface area contributed by atoms with Gasteiger partial charge in [-0.05, 0) is 71.1 Å². The molecule has 0 aliphatic carbocycles. The van der Waals surface area contributed by atoms with Gasteiger partial charge in [-0.2, -0.15) is 0 Å². The summed E-state index contributed by atoms with van der Waals surface area (Å²) in [6.45, 7) is 6.10. The molecule has 6 aromatic carbocycles. The van der Waals surface area contributed by atoms with Gasteiger partial charge in [0, 0.05) is 24.2 Å². The lowest BCUT2D eigenvalue weighted by molar-refractivity contribution is 0.796. The van der Waals surface area contributed by atoms with Crippen molar-refractivity contribution in [3.05, 3.63) is 133 Å². The van der Waals surface area contributed by atoms with E-state index in [2.05, 4.69) is 156 Å². The highest BCUT2D eigenvalue weighted by molar-refractivity contribution is 6.06. The van der Waals surface area contributed by atoms with E-state index in [0.717, 1.165) is 46.9 Å². The molecule has 0 bridgehead atoms. The van der Waals surface area contributed by atoms with Crippen LogP contribution in [0.5, 0.6) is 0 Å². The van der Waals surface area contributed by atoms with Gasteiger partial charge in [-0.1, -0.05) is 109 Å². The first-order valence-electron chi connectivity index (χ1n) is 15.4. The second-order valence-corrected chi connectivity index (χ2v) is 11.2. The van der Waals surface area contributed by atoms with E-state index in [1.165, 1.54) is 44.1 Å². The SMILES string of the molecule is CCn1c(-c2ccc(-c3cccc4cccc(-c5ccc(-c6nc7ccccc7n6CC)cc5)c34)cc2)nc2ccccc21. The average molecular weight is 569 g/mol. The van der Waals surface area contributed by atoms with E-state index in [-0.39, 0.29) is 0 Å². The normalized spacial score (nSPS) is 11.6. The zero-order valence-corrected chi connectivity index (χ0v) is 24.9. The van der Waals surface area contributed by atoms with Gasteiger partial charge in [0.25, 0.3) is 0 Å². The van der Waals surface area contributed by atoms with Gasteiger partial charge in [0.05, 0.1) is 22.1 Å². The monoisotopic (exact) mass is 568 g/mol. The van der Waals surface area contributed by atoms with E-state index in [1.807, 2.05) is 0 Å². The van der Waals surface area contributed by atoms with E-state index in [4.69, 9.17) is 9.97 Å². The summed E-state index contributed by atoms with van der Waals surface area (Å²) in [6, 6.07) is 47.7. The molecule has 2 aromatic heterocycles. The summed E-state index contributed by atoms with van der Waals surface area (Å²) in [5.41, 5.74) is 11.5. The molecule has 0 saturated carbocycles. The third kappa shape index (κ3) is 4.22. The summed E-state index contributed by atoms with van der Waals surface area (Å²) in [6.07, 6.45) is 0. The molecule has 4 nitrogen and oxygen atoms in total. The van der Waals surface area contributed by atoms with Crippen molar-refractivity contribution >= 4 is 32.8 Å². The van der Waals surface area contributed by atoms with Gasteiger partial charge in [0.15, 0.2) is 0 Å². The smallest absolute Gasteiger partial charge is 0.141 e. The quantitative estimate of drug-likeness (QED) is 0.200. The molecule has 212 valence electrons. The summed E-state index contributed by atoms with van der Waals surface area (Å²) >= 11 is 0. The van der Waals surface area contributed by atoms with Gasteiger partial charge in [-0.3, -0.25) is 0 Å². The first-order chi connectivity index (χ1) is 21.7. The van der Waals surface area contributed by atoms with Crippen LogP contribution in [-0.4, -0.2) is 19.1 Å². The molecule has 0 aliphatic rings. The fourth-order valence-electron chi connectivity index (χ4n) is 6.65. The van der Waals surface area contributed by atoms with E-state index < -0.39 is 0 Å². The topological polar surface area (TPSA) is 35.6 Å². The second kappa shape index (κ2) is 10.7. The molecule has 44 heavy (non-hydrogen) atoms. The maximum Gasteiger partial charge on any atom is 0.141 e. The highest BCUT2D eigenvalue weighted by atomic mass is 15.1. The van der Waals surface area contributed by atoms with Crippen LogP contribution in [0.4, 0.5) is 0 Å². The number of hydrogen-bond donors (Lipinski definition) is 0. The van der Waals surface area contributed by atoms with Crippen molar-refractivity contribution in [2.24, 2.45) is 0 Å². The average Bonchev–Trinajstić information content (AvgIpc) is 3.66. The Labute approximate surface area is 256 Å². The molecular weight excluding hydrogens is 536 g/mol. The van der Waals surface area contributed by atoms with Gasteiger partial charge in [0.1, 0.15) is 11.6 Å². The molecule has 0 unspecified atom stereocenters. The van der Waals surface area contributed by atoms with E-state index in [9.17, 15) is 0 Å². The zero-order chi connectivity index (χ0) is 29.6. The Morgan fingerprint density at radius 3 is 1.27 bits per heavy atom. The molecule has 4 heteroatoms. The molecule has 0 radical (unpaired) electrons. The van der Waals surface area contributed by atoms with E-state index in [0.29, 0.717) is 0 Å². The van der Waals surface area contributed by atoms with Crippen LogP contribution >= 0.6 is 0 Å². The van der Waals surface area contributed by atoms with Crippen molar-refractivity contribution < 1.29 is 0 Å². The van der Waals surface area contributed by atoms with Crippen molar-refractivity contribution in [2.45, 2.75) is 26.9 Å². The summed E-state index contributed by atoms with van der Waals surface area (Å²) in [5.74, 6) is 2.02. The number of hydrogen-bond acceptors (Lipinski definition) is 2. The standard InChI is InChI=1S/C40H32N4/c1-3-43-36-17-7-5-15-34(36)41-39(43)30-23-19-27(20-24-30)32-13-9-11-29-12-10-14-33(38(29)32)28-21-25-31(26-22-28)40-42-35-16-6-8-18-37(35)44(40)4-2/h5-26H,3-4H2,1-2H3. The van der Waals surface area contributed by atoms with Gasteiger partial charge >= 0.3 is 0 Å². The summed E-state index contributed by atoms with van der Waals surface area (Å²) in [4.78, 5) is 9.94. The highest BCUT2D eigenvalue weighted by Crippen LogP contribution is 2.38. The first kappa shape index (κ1) is 26.2. The van der Waals surface area contributed by atoms with Crippen molar-refractivity contribution in [3.63, 3.8) is 0 Å². The minimum Gasteiger partial charge on any atom is -0.324 e. The van der Waals surface area contributed by atoms with Crippen molar-refractivity contribution in [1.82, 2.24) is 19.1 Å². The number of fused-ring (bicyclic) bond motifs is 3. The number of imidazole rings is 2. The fourth-order valence-corrected chi connectivity index (χ4v) is 6.65. The van der Waals surface area contributed by atoms with Crippen molar-refractivity contribution in [3.8, 4) is 45.0 Å². The molecule has 8 rings (SSSR count). The van der Waals surface area contributed by atoms with E-state index >= 15 is 0 Å². The van der Waals surface area contributed by atoms with Crippen LogP contribution in [0.2, 0.25) is 0 Å². The molecule has 0 saturated heterocycles. The van der Waals surface area contributed by atoms with Gasteiger partial charge in [-0.25, -0.2) is 9.97 Å². The molecule has 0 atom stereocenters. The number of benzene rings is 6. The highest BCUT2D eigenvalue weighted by Gasteiger charge is 2.15. The third-order valence-corrected chi connectivity index (χ3v) is 8.75. The second-order valence-electron chi connectivity index (χ2n) is 11.2. The van der Waals surface area contributed by atoms with Gasteiger partial charge < -0.3 is 9.13 Å². The first-order valence-corrected chi connectivity index (χ1v) is 15.4. The maximum atomic E-state index is 4.97. The lowest BCUT2D eigenvalue weighted by atomic mass is 9.91. The Balaban J connectivity index is 1.20. The van der Waals surface area contributed by atoms with Gasteiger partial charge in [0.2, 0.25) is 0 Å². The van der Waals surface area contributed by atoms with Crippen LogP contribution in [-0.2, 0) is 13.1 Å².